The van der Waals surface area contributed by atoms with Crippen LogP contribution in [-0.4, -0.2) is 67.8 Å². The van der Waals surface area contributed by atoms with Crippen LogP contribution in [0, 0.1) is 12.8 Å². The fourth-order valence-corrected chi connectivity index (χ4v) is 5.05. The minimum absolute atomic E-state index is 0.0456. The van der Waals surface area contributed by atoms with Gasteiger partial charge in [-0.25, -0.2) is 13.2 Å². The number of ether oxygens (including phenoxy) is 1. The summed E-state index contributed by atoms with van der Waals surface area (Å²) in [5.74, 6) is -1.89. The van der Waals surface area contributed by atoms with Crippen molar-refractivity contribution >= 4 is 27.6 Å². The Morgan fingerprint density at radius 1 is 1.13 bits per heavy atom. The van der Waals surface area contributed by atoms with Crippen molar-refractivity contribution in [1.82, 2.24) is 10.2 Å². The summed E-state index contributed by atoms with van der Waals surface area (Å²) in [5.41, 5.74) is 1.43. The molecule has 1 aromatic rings. The molecule has 1 N–H and O–H groups in total. The lowest BCUT2D eigenvalue weighted by Gasteiger charge is -2.28. The lowest BCUT2D eigenvalue weighted by Crippen LogP contribution is -2.49. The van der Waals surface area contributed by atoms with E-state index in [4.69, 9.17) is 4.74 Å². The molecule has 8 nitrogen and oxygen atoms in total. The summed E-state index contributed by atoms with van der Waals surface area (Å²) in [6.45, 7) is 6.89. The van der Waals surface area contributed by atoms with Gasteiger partial charge in [-0.1, -0.05) is 31.5 Å². The van der Waals surface area contributed by atoms with E-state index in [9.17, 15) is 22.8 Å². The second-order valence-electron chi connectivity index (χ2n) is 8.15. The van der Waals surface area contributed by atoms with Gasteiger partial charge >= 0.3 is 5.97 Å². The fraction of sp³-hybridized carbons (Fsp3) is 0.571. The fourth-order valence-electron chi connectivity index (χ4n) is 3.27. The number of hydrogen-bond donors (Lipinski definition) is 1. The van der Waals surface area contributed by atoms with Crippen LogP contribution in [0.1, 0.15) is 43.1 Å². The Kier molecular flexibility index (Phi) is 7.63. The lowest BCUT2D eigenvalue weighted by molar-refractivity contribution is -0.161. The van der Waals surface area contributed by atoms with Gasteiger partial charge in [0.15, 0.2) is 15.9 Å². The average Bonchev–Trinajstić information content (AvgIpc) is 3.04. The van der Waals surface area contributed by atoms with E-state index in [1.165, 1.54) is 18.9 Å². The summed E-state index contributed by atoms with van der Waals surface area (Å²) in [4.78, 5) is 39.1. The van der Waals surface area contributed by atoms with Crippen LogP contribution in [0.5, 0.6) is 0 Å². The summed E-state index contributed by atoms with van der Waals surface area (Å²) >= 11 is 0. The van der Waals surface area contributed by atoms with Gasteiger partial charge in [0.1, 0.15) is 6.04 Å². The van der Waals surface area contributed by atoms with Crippen molar-refractivity contribution in [1.29, 1.82) is 0 Å². The zero-order chi connectivity index (χ0) is 22.6. The third-order valence-corrected chi connectivity index (χ3v) is 7.02. The number of aryl methyl sites for hydroxylation is 1. The summed E-state index contributed by atoms with van der Waals surface area (Å²) in [6, 6.07) is 5.60. The Morgan fingerprint density at radius 2 is 1.73 bits per heavy atom. The van der Waals surface area contributed by atoms with E-state index in [1.54, 1.807) is 38.1 Å². The summed E-state index contributed by atoms with van der Waals surface area (Å²) < 4.78 is 28.6. The molecule has 2 amide bonds. The predicted molar refractivity (Wildman–Crippen MR) is 113 cm³/mol. The van der Waals surface area contributed by atoms with Gasteiger partial charge in [0.25, 0.3) is 11.8 Å². The number of benzene rings is 1. The molecule has 30 heavy (non-hydrogen) atoms. The van der Waals surface area contributed by atoms with E-state index in [0.29, 0.717) is 12.0 Å². The second kappa shape index (κ2) is 9.59. The van der Waals surface area contributed by atoms with Gasteiger partial charge in [-0.3, -0.25) is 9.59 Å². The Balaban J connectivity index is 2.00. The molecule has 3 unspecified atom stereocenters. The average molecular weight is 439 g/mol. The van der Waals surface area contributed by atoms with E-state index < -0.39 is 45.8 Å². The quantitative estimate of drug-likeness (QED) is 0.643. The van der Waals surface area contributed by atoms with Crippen LogP contribution < -0.4 is 5.32 Å². The third kappa shape index (κ3) is 6.04. The van der Waals surface area contributed by atoms with Crippen LogP contribution in [0.2, 0.25) is 0 Å². The molecule has 1 aliphatic heterocycles. The number of likely N-dealkylation sites (N-methyl/N-ethyl adjacent to an activating group) is 1. The number of hydrogen-bond acceptors (Lipinski definition) is 6. The number of carbonyl (C=O) groups is 3. The van der Waals surface area contributed by atoms with Gasteiger partial charge in [-0.15, -0.1) is 0 Å². The van der Waals surface area contributed by atoms with Gasteiger partial charge in [-0.2, -0.15) is 0 Å². The Morgan fingerprint density at radius 3 is 2.23 bits per heavy atom. The molecule has 9 heteroatoms. The van der Waals surface area contributed by atoms with Gasteiger partial charge in [-0.05, 0) is 38.3 Å². The molecular formula is C21H30N2O6S. The van der Waals surface area contributed by atoms with E-state index in [-0.39, 0.29) is 17.4 Å². The molecule has 1 aliphatic rings. The number of carbonyl (C=O) groups excluding carboxylic acids is 3. The number of nitrogens with one attached hydrogen (secondary N) is 1. The maximum Gasteiger partial charge on any atom is 0.329 e. The van der Waals surface area contributed by atoms with Crippen molar-refractivity contribution in [3.63, 3.8) is 0 Å². The number of esters is 1. The first-order valence-corrected chi connectivity index (χ1v) is 11.8. The molecule has 2 rings (SSSR count). The number of amides is 2. The zero-order valence-electron chi connectivity index (χ0n) is 18.0. The molecule has 1 fully saturated rings. The first-order valence-electron chi connectivity index (χ1n) is 9.96. The van der Waals surface area contributed by atoms with Crippen molar-refractivity contribution in [2.45, 2.75) is 52.3 Å². The molecule has 0 aromatic heterocycles. The van der Waals surface area contributed by atoms with E-state index >= 15 is 0 Å². The maximum atomic E-state index is 12.7. The lowest BCUT2D eigenvalue weighted by atomic mass is 10.0. The highest BCUT2D eigenvalue weighted by Crippen LogP contribution is 2.18. The normalized spacial score (nSPS) is 19.7. The number of nitrogens with zero attached hydrogens (tertiary/aromatic N) is 1. The van der Waals surface area contributed by atoms with Crippen LogP contribution >= 0.6 is 0 Å². The Bertz CT molecular complexity index is 895. The molecule has 0 saturated carbocycles. The highest BCUT2D eigenvalue weighted by Gasteiger charge is 2.36. The predicted octanol–water partition coefficient (Wildman–Crippen LogP) is 1.33. The van der Waals surface area contributed by atoms with Crippen molar-refractivity contribution in [2.24, 2.45) is 5.92 Å². The molecular weight excluding hydrogens is 408 g/mol. The molecule has 0 aliphatic carbocycles. The van der Waals surface area contributed by atoms with Gasteiger partial charge in [0.2, 0.25) is 0 Å². The van der Waals surface area contributed by atoms with Crippen LogP contribution in [-0.2, 0) is 24.2 Å². The van der Waals surface area contributed by atoms with Crippen LogP contribution in [0.25, 0.3) is 0 Å². The largest absolute Gasteiger partial charge is 0.451 e. The topological polar surface area (TPSA) is 110 Å². The minimum Gasteiger partial charge on any atom is -0.451 e. The molecule has 0 bridgehead atoms. The van der Waals surface area contributed by atoms with Crippen molar-refractivity contribution in [3.05, 3.63) is 35.4 Å². The molecule has 3 atom stereocenters. The standard InChI is InChI=1S/C21H30N2O6S/c1-13(2)18(22-19(24)16-8-6-14(3)7-9-16)21(26)29-15(4)20(25)23(5)17-10-11-30(27,28)12-17/h6-9,13,15,17-18H,10-12H2,1-5H3,(H,22,24). The third-order valence-electron chi connectivity index (χ3n) is 5.27. The summed E-state index contributed by atoms with van der Waals surface area (Å²) in [5, 5.41) is 2.67. The molecule has 1 aromatic carbocycles. The summed E-state index contributed by atoms with van der Waals surface area (Å²) in [6.07, 6.45) is -0.727. The molecule has 1 heterocycles. The maximum absolute atomic E-state index is 12.7. The van der Waals surface area contributed by atoms with Crippen LogP contribution in [0.15, 0.2) is 24.3 Å². The Labute approximate surface area is 177 Å². The van der Waals surface area contributed by atoms with E-state index in [1.807, 2.05) is 6.92 Å². The van der Waals surface area contributed by atoms with Gasteiger partial charge in [0.05, 0.1) is 11.5 Å². The smallest absolute Gasteiger partial charge is 0.329 e. The Hall–Kier alpha value is -2.42. The summed E-state index contributed by atoms with van der Waals surface area (Å²) in [7, 11) is -1.63. The molecule has 0 radical (unpaired) electrons. The zero-order valence-corrected chi connectivity index (χ0v) is 18.9. The number of rotatable bonds is 7. The number of sulfone groups is 1. The molecule has 1 saturated heterocycles. The highest BCUT2D eigenvalue weighted by atomic mass is 32.2. The monoisotopic (exact) mass is 438 g/mol. The highest BCUT2D eigenvalue weighted by molar-refractivity contribution is 7.91. The molecule has 0 spiro atoms. The van der Waals surface area contributed by atoms with Gasteiger partial charge < -0.3 is 15.0 Å². The van der Waals surface area contributed by atoms with E-state index in [0.717, 1.165) is 5.56 Å². The van der Waals surface area contributed by atoms with Crippen molar-refractivity contribution < 1.29 is 27.5 Å². The van der Waals surface area contributed by atoms with Crippen LogP contribution in [0.3, 0.4) is 0 Å². The van der Waals surface area contributed by atoms with Gasteiger partial charge in [0, 0.05) is 18.7 Å². The van der Waals surface area contributed by atoms with E-state index in [2.05, 4.69) is 5.32 Å². The van der Waals surface area contributed by atoms with Crippen LogP contribution in [0.4, 0.5) is 0 Å². The first-order chi connectivity index (χ1) is 13.9. The van der Waals surface area contributed by atoms with Crippen molar-refractivity contribution in [3.8, 4) is 0 Å². The first kappa shape index (κ1) is 23.9. The second-order valence-corrected chi connectivity index (χ2v) is 10.4. The van der Waals surface area contributed by atoms with Crippen molar-refractivity contribution in [2.75, 3.05) is 18.6 Å². The molecule has 166 valence electrons. The minimum atomic E-state index is -3.14. The SMILES string of the molecule is Cc1ccc(C(=O)NC(C(=O)OC(C)C(=O)N(C)C2CCS(=O)(=O)C2)C(C)C)cc1.